The van der Waals surface area contributed by atoms with E-state index in [-0.39, 0.29) is 5.91 Å². The fraction of sp³-hybridized carbons (Fsp3) is 0.556. The number of ether oxygens (including phenoxy) is 1. The van der Waals surface area contributed by atoms with Crippen LogP contribution in [0.1, 0.15) is 46.8 Å². The van der Waals surface area contributed by atoms with E-state index in [0.717, 1.165) is 67.8 Å². The Hall–Kier alpha value is -1.50. The highest BCUT2D eigenvalue weighted by Crippen LogP contribution is 2.40. The molecular formula is C18H23N3O2S. The minimum absolute atomic E-state index is 0.320. The monoisotopic (exact) mass is 345 g/mol. The first-order valence-corrected chi connectivity index (χ1v) is 9.54. The fourth-order valence-corrected chi connectivity index (χ4v) is 5.23. The Bertz CT molecular complexity index is 731. The number of fused-ring (bicyclic) bond motifs is 1. The Balaban J connectivity index is 1.56. The normalized spacial score (nSPS) is 21.3. The van der Waals surface area contributed by atoms with Crippen molar-refractivity contribution >= 4 is 27.5 Å². The molecule has 0 aliphatic carbocycles. The molecule has 2 aliphatic heterocycles. The first-order chi connectivity index (χ1) is 11.7. The molecule has 0 unspecified atom stereocenters. The first-order valence-electron chi connectivity index (χ1n) is 8.73. The zero-order valence-corrected chi connectivity index (χ0v) is 14.6. The predicted octanol–water partition coefficient (Wildman–Crippen LogP) is 2.75. The van der Waals surface area contributed by atoms with Gasteiger partial charge in [-0.25, -0.2) is 4.98 Å². The largest absolute Gasteiger partial charge is 0.381 e. The van der Waals surface area contributed by atoms with Gasteiger partial charge in [-0.1, -0.05) is 6.07 Å². The summed E-state index contributed by atoms with van der Waals surface area (Å²) < 4.78 is 5.48. The molecule has 0 bridgehead atoms. The molecule has 0 radical (unpaired) electrons. The number of hydrogen-bond donors (Lipinski definition) is 1. The van der Waals surface area contributed by atoms with E-state index in [0.29, 0.717) is 16.8 Å². The molecule has 4 rings (SSSR count). The van der Waals surface area contributed by atoms with E-state index in [9.17, 15) is 4.79 Å². The van der Waals surface area contributed by atoms with Crippen LogP contribution in [0, 0.1) is 0 Å². The van der Waals surface area contributed by atoms with Crippen molar-refractivity contribution in [2.75, 3.05) is 26.3 Å². The summed E-state index contributed by atoms with van der Waals surface area (Å²) in [5, 5.41) is 1.11. The highest BCUT2D eigenvalue weighted by Gasteiger charge is 2.30. The predicted molar refractivity (Wildman–Crippen MR) is 95.5 cm³/mol. The molecule has 128 valence electrons. The van der Waals surface area contributed by atoms with Crippen LogP contribution in [-0.2, 0) is 4.74 Å². The van der Waals surface area contributed by atoms with Crippen molar-refractivity contribution in [3.8, 4) is 0 Å². The lowest BCUT2D eigenvalue weighted by atomic mass is 9.86. The van der Waals surface area contributed by atoms with Crippen LogP contribution in [0.4, 0.5) is 0 Å². The standard InChI is InChI=1S/C18H23N3O2S/c19-17(22)16-15(14-2-1-7-20-18(14)24-16)12-3-8-21(9-4-12)13-5-10-23-11-6-13/h1-2,7,12-13H,3-6,8-11H2,(H2,19,22). The number of rotatable bonds is 3. The molecule has 1 amide bonds. The number of hydrogen-bond acceptors (Lipinski definition) is 5. The second-order valence-electron chi connectivity index (χ2n) is 6.72. The number of aromatic nitrogens is 1. The molecule has 2 N–H and O–H groups in total. The third-order valence-electron chi connectivity index (χ3n) is 5.37. The van der Waals surface area contributed by atoms with E-state index in [4.69, 9.17) is 10.5 Å². The molecule has 0 spiro atoms. The van der Waals surface area contributed by atoms with E-state index in [2.05, 4.69) is 16.0 Å². The molecular weight excluding hydrogens is 322 g/mol. The first kappa shape index (κ1) is 16.0. The van der Waals surface area contributed by atoms with Crippen molar-refractivity contribution in [3.63, 3.8) is 0 Å². The van der Waals surface area contributed by atoms with Crippen molar-refractivity contribution < 1.29 is 9.53 Å². The van der Waals surface area contributed by atoms with Crippen LogP contribution < -0.4 is 5.73 Å². The topological polar surface area (TPSA) is 68.5 Å². The highest BCUT2D eigenvalue weighted by atomic mass is 32.1. The maximum absolute atomic E-state index is 11.9. The molecule has 0 aromatic carbocycles. The molecule has 2 saturated heterocycles. The van der Waals surface area contributed by atoms with Crippen LogP contribution in [0.25, 0.3) is 10.2 Å². The van der Waals surface area contributed by atoms with Gasteiger partial charge in [0.25, 0.3) is 5.91 Å². The molecule has 0 saturated carbocycles. The molecule has 2 aromatic heterocycles. The van der Waals surface area contributed by atoms with Crippen LogP contribution in [0.3, 0.4) is 0 Å². The summed E-state index contributed by atoms with van der Waals surface area (Å²) in [7, 11) is 0. The van der Waals surface area contributed by atoms with E-state index in [1.54, 1.807) is 6.20 Å². The van der Waals surface area contributed by atoms with Crippen LogP contribution in [0.5, 0.6) is 0 Å². The van der Waals surface area contributed by atoms with Crippen LogP contribution in [0.15, 0.2) is 18.3 Å². The number of amides is 1. The summed E-state index contributed by atoms with van der Waals surface area (Å²) in [5.41, 5.74) is 6.79. The number of pyridine rings is 1. The number of piperidine rings is 1. The van der Waals surface area contributed by atoms with E-state index >= 15 is 0 Å². The van der Waals surface area contributed by atoms with Gasteiger partial charge >= 0.3 is 0 Å². The number of nitrogens with zero attached hydrogens (tertiary/aromatic N) is 2. The summed E-state index contributed by atoms with van der Waals surface area (Å²) in [4.78, 5) is 20.6. The van der Waals surface area contributed by atoms with Crippen molar-refractivity contribution in [2.45, 2.75) is 37.6 Å². The lowest BCUT2D eigenvalue weighted by Crippen LogP contribution is -2.43. The maximum Gasteiger partial charge on any atom is 0.259 e. The average Bonchev–Trinajstić information content (AvgIpc) is 3.02. The van der Waals surface area contributed by atoms with Crippen molar-refractivity contribution in [1.82, 2.24) is 9.88 Å². The molecule has 24 heavy (non-hydrogen) atoms. The Morgan fingerprint density at radius 1 is 1.25 bits per heavy atom. The zero-order chi connectivity index (χ0) is 16.5. The zero-order valence-electron chi connectivity index (χ0n) is 13.7. The highest BCUT2D eigenvalue weighted by molar-refractivity contribution is 7.20. The smallest absolute Gasteiger partial charge is 0.259 e. The molecule has 2 aliphatic rings. The quantitative estimate of drug-likeness (QED) is 0.929. The Morgan fingerprint density at radius 2 is 2.00 bits per heavy atom. The van der Waals surface area contributed by atoms with Gasteiger partial charge in [-0.2, -0.15) is 0 Å². The summed E-state index contributed by atoms with van der Waals surface area (Å²) in [6, 6.07) is 4.68. The third-order valence-corrected chi connectivity index (χ3v) is 6.52. The van der Waals surface area contributed by atoms with Crippen molar-refractivity contribution in [1.29, 1.82) is 0 Å². The number of primary amides is 1. The number of likely N-dealkylation sites (tertiary alicyclic amines) is 1. The van der Waals surface area contributed by atoms with Gasteiger partial charge in [0.2, 0.25) is 0 Å². The lowest BCUT2D eigenvalue weighted by Gasteiger charge is -2.39. The molecule has 2 fully saturated rings. The van der Waals surface area contributed by atoms with Crippen molar-refractivity contribution in [2.24, 2.45) is 5.73 Å². The summed E-state index contributed by atoms with van der Waals surface area (Å²) >= 11 is 1.44. The molecule has 2 aromatic rings. The van der Waals surface area contributed by atoms with Gasteiger partial charge < -0.3 is 15.4 Å². The molecule has 4 heterocycles. The number of nitrogens with two attached hydrogens (primary N) is 1. The van der Waals surface area contributed by atoms with Gasteiger partial charge in [-0.05, 0) is 56.3 Å². The van der Waals surface area contributed by atoms with Gasteiger partial charge in [0, 0.05) is 30.8 Å². The van der Waals surface area contributed by atoms with Gasteiger partial charge in [0.15, 0.2) is 0 Å². The minimum atomic E-state index is -0.320. The van der Waals surface area contributed by atoms with E-state index in [1.165, 1.54) is 11.3 Å². The maximum atomic E-state index is 11.9. The second kappa shape index (κ2) is 6.78. The lowest BCUT2D eigenvalue weighted by molar-refractivity contribution is 0.0252. The summed E-state index contributed by atoms with van der Waals surface area (Å²) in [6.07, 6.45) is 6.23. The minimum Gasteiger partial charge on any atom is -0.381 e. The Morgan fingerprint density at radius 3 is 2.71 bits per heavy atom. The van der Waals surface area contributed by atoms with Crippen LogP contribution in [0.2, 0.25) is 0 Å². The third kappa shape index (κ3) is 2.94. The van der Waals surface area contributed by atoms with E-state index in [1.807, 2.05) is 6.07 Å². The molecule has 0 atom stereocenters. The number of thiophene rings is 1. The van der Waals surface area contributed by atoms with Crippen LogP contribution >= 0.6 is 11.3 Å². The fourth-order valence-electron chi connectivity index (χ4n) is 4.14. The van der Waals surface area contributed by atoms with Crippen molar-refractivity contribution in [3.05, 3.63) is 28.8 Å². The Kier molecular flexibility index (Phi) is 4.52. The summed E-state index contributed by atoms with van der Waals surface area (Å²) in [5.74, 6) is 0.0846. The van der Waals surface area contributed by atoms with E-state index < -0.39 is 0 Å². The SMILES string of the molecule is NC(=O)c1sc2ncccc2c1C1CCN(C2CCOCC2)CC1. The van der Waals surface area contributed by atoms with Crippen LogP contribution in [-0.4, -0.2) is 48.1 Å². The summed E-state index contributed by atoms with van der Waals surface area (Å²) in [6.45, 7) is 3.95. The number of carbonyl (C=O) groups is 1. The average molecular weight is 345 g/mol. The van der Waals surface area contributed by atoms with Gasteiger partial charge in [0.05, 0.1) is 4.88 Å². The molecule has 6 heteroatoms. The number of carbonyl (C=O) groups excluding carboxylic acids is 1. The Labute approximate surface area is 145 Å². The second-order valence-corrected chi connectivity index (χ2v) is 7.72. The van der Waals surface area contributed by atoms with Gasteiger partial charge in [-0.3, -0.25) is 4.79 Å². The van der Waals surface area contributed by atoms with Gasteiger partial charge in [0.1, 0.15) is 4.83 Å². The molecule has 5 nitrogen and oxygen atoms in total. The van der Waals surface area contributed by atoms with Gasteiger partial charge in [-0.15, -0.1) is 11.3 Å².